The topological polar surface area (TPSA) is 35.5 Å². The zero-order valence-electron chi connectivity index (χ0n) is 11.0. The van der Waals surface area contributed by atoms with Crippen molar-refractivity contribution in [3.63, 3.8) is 0 Å². The number of nitrogens with zero attached hydrogens (tertiary/aromatic N) is 1. The summed E-state index contributed by atoms with van der Waals surface area (Å²) >= 11 is 0. The lowest BCUT2D eigenvalue weighted by Gasteiger charge is -2.28. The van der Waals surface area contributed by atoms with Crippen molar-refractivity contribution < 1.29 is 5.11 Å². The third-order valence-corrected chi connectivity index (χ3v) is 2.75. The fourth-order valence-electron chi connectivity index (χ4n) is 1.86. The van der Waals surface area contributed by atoms with Crippen LogP contribution < -0.4 is 5.32 Å². The van der Waals surface area contributed by atoms with E-state index in [1.807, 2.05) is 25.9 Å². The lowest BCUT2D eigenvalue weighted by molar-refractivity contribution is 0.0330. The van der Waals surface area contributed by atoms with Crippen LogP contribution in [0.5, 0.6) is 0 Å². The maximum absolute atomic E-state index is 10.0. The van der Waals surface area contributed by atoms with Gasteiger partial charge >= 0.3 is 0 Å². The molecular formula is C12H28N2O. The van der Waals surface area contributed by atoms with Crippen LogP contribution in [-0.4, -0.2) is 49.3 Å². The highest BCUT2D eigenvalue weighted by Gasteiger charge is 2.20. The molecular weight excluding hydrogens is 188 g/mol. The molecule has 0 spiro atoms. The van der Waals surface area contributed by atoms with Gasteiger partial charge in [0.05, 0.1) is 5.60 Å². The lowest BCUT2D eigenvalue weighted by Crippen LogP contribution is -2.46. The van der Waals surface area contributed by atoms with Crippen molar-refractivity contribution in [3.05, 3.63) is 0 Å². The summed E-state index contributed by atoms with van der Waals surface area (Å²) in [6.07, 6.45) is 2.42. The molecule has 0 aliphatic rings. The summed E-state index contributed by atoms with van der Waals surface area (Å²) in [6.45, 7) is 8.69. The summed E-state index contributed by atoms with van der Waals surface area (Å²) in [5.74, 6) is 0.736. The Bertz CT molecular complexity index is 154. The van der Waals surface area contributed by atoms with E-state index < -0.39 is 5.60 Å². The van der Waals surface area contributed by atoms with Gasteiger partial charge in [-0.05, 0) is 33.5 Å². The summed E-state index contributed by atoms with van der Waals surface area (Å²) in [5, 5.41) is 13.4. The molecule has 0 rings (SSSR count). The van der Waals surface area contributed by atoms with Gasteiger partial charge < -0.3 is 15.3 Å². The molecule has 0 radical (unpaired) electrons. The number of likely N-dealkylation sites (N-methyl/N-ethyl adjacent to an activating group) is 1. The molecule has 0 heterocycles. The molecule has 0 aromatic rings. The van der Waals surface area contributed by atoms with Crippen LogP contribution in [-0.2, 0) is 0 Å². The molecule has 0 bridgehead atoms. The molecule has 3 heteroatoms. The van der Waals surface area contributed by atoms with Crippen molar-refractivity contribution >= 4 is 0 Å². The normalized spacial score (nSPS) is 16.0. The zero-order chi connectivity index (χ0) is 11.9. The molecule has 0 aliphatic heterocycles. The van der Waals surface area contributed by atoms with Crippen LogP contribution in [0.25, 0.3) is 0 Å². The largest absolute Gasteiger partial charge is 0.388 e. The minimum Gasteiger partial charge on any atom is -0.388 e. The molecule has 2 N–H and O–H groups in total. The van der Waals surface area contributed by atoms with Gasteiger partial charge in [-0.15, -0.1) is 0 Å². The van der Waals surface area contributed by atoms with Gasteiger partial charge in [0.1, 0.15) is 0 Å². The number of hydrogen-bond donors (Lipinski definition) is 2. The van der Waals surface area contributed by atoms with E-state index in [9.17, 15) is 5.11 Å². The van der Waals surface area contributed by atoms with E-state index in [1.165, 1.54) is 12.8 Å². The smallest absolute Gasteiger partial charge is 0.0869 e. The minimum absolute atomic E-state index is 0.629. The van der Waals surface area contributed by atoms with Crippen LogP contribution in [0.1, 0.15) is 33.6 Å². The molecule has 0 saturated carbocycles. The second-order valence-corrected chi connectivity index (χ2v) is 5.05. The first-order chi connectivity index (χ1) is 6.91. The highest BCUT2D eigenvalue weighted by molar-refractivity contribution is 4.78. The van der Waals surface area contributed by atoms with Crippen molar-refractivity contribution in [2.45, 2.75) is 39.2 Å². The highest BCUT2D eigenvalue weighted by Crippen LogP contribution is 2.07. The van der Waals surface area contributed by atoms with E-state index in [4.69, 9.17) is 0 Å². The van der Waals surface area contributed by atoms with Crippen molar-refractivity contribution in [3.8, 4) is 0 Å². The fraction of sp³-hybridized carbons (Fsp3) is 1.00. The van der Waals surface area contributed by atoms with Gasteiger partial charge in [-0.25, -0.2) is 0 Å². The van der Waals surface area contributed by atoms with Gasteiger partial charge in [-0.3, -0.25) is 0 Å². The van der Waals surface area contributed by atoms with Crippen molar-refractivity contribution in [1.29, 1.82) is 0 Å². The number of nitrogens with one attached hydrogen (secondary N) is 1. The van der Waals surface area contributed by atoms with Crippen LogP contribution in [0.2, 0.25) is 0 Å². The average Bonchev–Trinajstić information content (AvgIpc) is 2.10. The summed E-state index contributed by atoms with van der Waals surface area (Å²) in [5.41, 5.74) is -0.629. The Labute approximate surface area is 94.9 Å². The number of hydrogen-bond acceptors (Lipinski definition) is 3. The first-order valence-electron chi connectivity index (χ1n) is 5.99. The Kier molecular flexibility index (Phi) is 7.14. The number of rotatable bonds is 8. The molecule has 0 fully saturated rings. The molecule has 0 saturated heterocycles. The van der Waals surface area contributed by atoms with Gasteiger partial charge in [0.25, 0.3) is 0 Å². The Hall–Kier alpha value is -0.120. The molecule has 1 atom stereocenters. The zero-order valence-corrected chi connectivity index (χ0v) is 11.0. The monoisotopic (exact) mass is 216 g/mol. The van der Waals surface area contributed by atoms with Crippen LogP contribution in [0.3, 0.4) is 0 Å². The second-order valence-electron chi connectivity index (χ2n) is 5.05. The average molecular weight is 216 g/mol. The standard InChI is InChI=1S/C12H28N2O/c1-6-11(7-2)8-13-9-12(3,15)10-14(4)5/h11,13,15H,6-10H2,1-5H3. The SMILES string of the molecule is CCC(CC)CNCC(C)(O)CN(C)C. The third kappa shape index (κ3) is 7.77. The van der Waals surface area contributed by atoms with E-state index in [2.05, 4.69) is 19.2 Å². The van der Waals surface area contributed by atoms with Gasteiger partial charge in [0.2, 0.25) is 0 Å². The molecule has 0 aromatic carbocycles. The Morgan fingerprint density at radius 1 is 1.27 bits per heavy atom. The number of aliphatic hydroxyl groups is 1. The first kappa shape index (κ1) is 14.9. The Morgan fingerprint density at radius 3 is 2.20 bits per heavy atom. The predicted molar refractivity (Wildman–Crippen MR) is 66.1 cm³/mol. The molecule has 0 amide bonds. The quantitative estimate of drug-likeness (QED) is 0.642. The van der Waals surface area contributed by atoms with Crippen LogP contribution in [0.4, 0.5) is 0 Å². The summed E-state index contributed by atoms with van der Waals surface area (Å²) < 4.78 is 0. The molecule has 15 heavy (non-hydrogen) atoms. The summed E-state index contributed by atoms with van der Waals surface area (Å²) in [7, 11) is 3.96. The summed E-state index contributed by atoms with van der Waals surface area (Å²) in [4.78, 5) is 2.01. The first-order valence-corrected chi connectivity index (χ1v) is 5.99. The lowest BCUT2D eigenvalue weighted by atomic mass is 10.0. The van der Waals surface area contributed by atoms with Gasteiger partial charge in [0.15, 0.2) is 0 Å². The maximum atomic E-state index is 10.0. The molecule has 1 unspecified atom stereocenters. The Morgan fingerprint density at radius 2 is 1.80 bits per heavy atom. The second kappa shape index (κ2) is 7.20. The van der Waals surface area contributed by atoms with Crippen LogP contribution in [0, 0.1) is 5.92 Å². The van der Waals surface area contributed by atoms with E-state index in [1.54, 1.807) is 0 Å². The van der Waals surface area contributed by atoms with Gasteiger partial charge in [-0.2, -0.15) is 0 Å². The predicted octanol–water partition coefficient (Wildman–Crippen LogP) is 1.32. The maximum Gasteiger partial charge on any atom is 0.0869 e. The van der Waals surface area contributed by atoms with Gasteiger partial charge in [0, 0.05) is 13.1 Å². The molecule has 0 aromatic heterocycles. The van der Waals surface area contributed by atoms with Crippen molar-refractivity contribution in [2.24, 2.45) is 5.92 Å². The van der Waals surface area contributed by atoms with E-state index in [0.717, 1.165) is 12.5 Å². The highest BCUT2D eigenvalue weighted by atomic mass is 16.3. The Balaban J connectivity index is 3.73. The molecule has 0 aliphatic carbocycles. The fourth-order valence-corrected chi connectivity index (χ4v) is 1.86. The minimum atomic E-state index is -0.629. The van der Waals surface area contributed by atoms with E-state index in [0.29, 0.717) is 13.1 Å². The van der Waals surface area contributed by atoms with Gasteiger partial charge in [-0.1, -0.05) is 26.7 Å². The molecule has 3 nitrogen and oxygen atoms in total. The molecule has 92 valence electrons. The van der Waals surface area contributed by atoms with Crippen LogP contribution >= 0.6 is 0 Å². The van der Waals surface area contributed by atoms with Crippen molar-refractivity contribution in [2.75, 3.05) is 33.7 Å². The summed E-state index contributed by atoms with van der Waals surface area (Å²) in [6, 6.07) is 0. The van der Waals surface area contributed by atoms with Crippen LogP contribution in [0.15, 0.2) is 0 Å². The van der Waals surface area contributed by atoms with E-state index in [-0.39, 0.29) is 0 Å². The van der Waals surface area contributed by atoms with E-state index >= 15 is 0 Å². The third-order valence-electron chi connectivity index (χ3n) is 2.75. The van der Waals surface area contributed by atoms with Crippen molar-refractivity contribution in [1.82, 2.24) is 10.2 Å².